The number of morpholine rings is 1. The summed E-state index contributed by atoms with van der Waals surface area (Å²) in [5, 5.41) is 0. The Bertz CT molecular complexity index is 663. The molecule has 1 aromatic rings. The minimum atomic E-state index is -0.339. The Morgan fingerprint density at radius 1 is 1.24 bits per heavy atom. The maximum absolute atomic E-state index is 12.8. The number of carbonyl (C=O) groups excluding carboxylic acids is 2. The van der Waals surface area contributed by atoms with Crippen molar-refractivity contribution < 1.29 is 23.8 Å². The van der Waals surface area contributed by atoms with Gasteiger partial charge in [-0.05, 0) is 19.1 Å². The van der Waals surface area contributed by atoms with Crippen molar-refractivity contribution in [2.45, 2.75) is 19.4 Å². The van der Waals surface area contributed by atoms with E-state index in [1.807, 2.05) is 6.92 Å². The molecule has 2 amide bonds. The molecule has 2 saturated heterocycles. The minimum Gasteiger partial charge on any atom is -0.497 e. The number of hydrogen-bond acceptors (Lipinski definition) is 5. The Balaban J connectivity index is 1.77. The molecule has 0 bridgehead atoms. The van der Waals surface area contributed by atoms with E-state index in [9.17, 15) is 9.59 Å². The number of hydrogen-bond donors (Lipinski definition) is 0. The summed E-state index contributed by atoms with van der Waals surface area (Å²) in [5.74, 6) is 0.829. The molecule has 25 heavy (non-hydrogen) atoms. The lowest BCUT2D eigenvalue weighted by atomic mass is 10.1. The second kappa shape index (κ2) is 7.31. The first-order valence-corrected chi connectivity index (χ1v) is 8.46. The summed E-state index contributed by atoms with van der Waals surface area (Å²) in [4.78, 5) is 28.7. The molecule has 7 heteroatoms. The average molecular weight is 348 g/mol. The highest BCUT2D eigenvalue weighted by Gasteiger charge is 2.39. The molecule has 0 saturated carbocycles. The lowest BCUT2D eigenvalue weighted by Crippen LogP contribution is -2.47. The summed E-state index contributed by atoms with van der Waals surface area (Å²) in [6.45, 7) is 4.00. The van der Waals surface area contributed by atoms with Crippen LogP contribution < -0.4 is 14.4 Å². The zero-order valence-corrected chi connectivity index (χ0v) is 14.9. The van der Waals surface area contributed by atoms with Crippen LogP contribution >= 0.6 is 0 Å². The summed E-state index contributed by atoms with van der Waals surface area (Å²) in [6.07, 6.45) is 0.245. The van der Waals surface area contributed by atoms with Crippen LogP contribution in [0.3, 0.4) is 0 Å². The SMILES string of the molecule is COc1ccc(OC)c(N2C[C@@H](C(=O)N3CCO[C@@H](C)C3)CC2=O)c1. The molecule has 0 N–H and O–H groups in total. The maximum atomic E-state index is 12.8. The molecule has 0 aromatic heterocycles. The quantitative estimate of drug-likeness (QED) is 0.820. The number of carbonyl (C=O) groups is 2. The smallest absolute Gasteiger partial charge is 0.228 e. The Labute approximate surface area is 147 Å². The van der Waals surface area contributed by atoms with Crippen LogP contribution in [0.2, 0.25) is 0 Å². The number of nitrogens with zero attached hydrogens (tertiary/aromatic N) is 2. The number of benzene rings is 1. The van der Waals surface area contributed by atoms with Crippen LogP contribution in [0, 0.1) is 5.92 Å². The van der Waals surface area contributed by atoms with E-state index in [-0.39, 0.29) is 30.3 Å². The first kappa shape index (κ1) is 17.5. The Hall–Kier alpha value is -2.28. The fraction of sp³-hybridized carbons (Fsp3) is 0.556. The zero-order chi connectivity index (χ0) is 18.0. The van der Waals surface area contributed by atoms with E-state index < -0.39 is 0 Å². The molecule has 2 heterocycles. The first-order chi connectivity index (χ1) is 12.0. The van der Waals surface area contributed by atoms with Gasteiger partial charge in [0.25, 0.3) is 0 Å². The molecule has 3 rings (SSSR count). The van der Waals surface area contributed by atoms with Crippen LogP contribution in [-0.2, 0) is 14.3 Å². The van der Waals surface area contributed by atoms with Gasteiger partial charge in [0.05, 0.1) is 38.5 Å². The van der Waals surface area contributed by atoms with Gasteiger partial charge in [-0.1, -0.05) is 0 Å². The standard InChI is InChI=1S/C18H24N2O5/c1-12-10-19(6-7-25-12)18(22)13-8-17(21)20(11-13)15-9-14(23-2)4-5-16(15)24-3/h4-5,9,12-13H,6-8,10-11H2,1-3H3/t12-,13-/m0/s1. The third-order valence-electron chi connectivity index (χ3n) is 4.70. The highest BCUT2D eigenvalue weighted by atomic mass is 16.5. The normalized spacial score (nSPS) is 23.7. The summed E-state index contributed by atoms with van der Waals surface area (Å²) in [7, 11) is 3.13. The van der Waals surface area contributed by atoms with Crippen molar-refractivity contribution in [1.29, 1.82) is 0 Å². The van der Waals surface area contributed by atoms with Crippen molar-refractivity contribution in [3.63, 3.8) is 0 Å². The van der Waals surface area contributed by atoms with Gasteiger partial charge in [0.1, 0.15) is 11.5 Å². The molecule has 7 nitrogen and oxygen atoms in total. The number of ether oxygens (including phenoxy) is 3. The second-order valence-electron chi connectivity index (χ2n) is 6.41. The molecule has 0 unspecified atom stereocenters. The van der Waals surface area contributed by atoms with Crippen molar-refractivity contribution in [1.82, 2.24) is 4.90 Å². The van der Waals surface area contributed by atoms with Gasteiger partial charge in [0.15, 0.2) is 0 Å². The predicted molar refractivity (Wildman–Crippen MR) is 92.0 cm³/mol. The fourth-order valence-corrected chi connectivity index (χ4v) is 3.39. The fourth-order valence-electron chi connectivity index (χ4n) is 3.39. The molecular weight excluding hydrogens is 324 g/mol. The number of rotatable bonds is 4. The van der Waals surface area contributed by atoms with Crippen LogP contribution in [0.25, 0.3) is 0 Å². The average Bonchev–Trinajstić information content (AvgIpc) is 3.02. The highest BCUT2D eigenvalue weighted by Crippen LogP contribution is 2.36. The topological polar surface area (TPSA) is 68.3 Å². The van der Waals surface area contributed by atoms with Gasteiger partial charge in [0.2, 0.25) is 11.8 Å². The highest BCUT2D eigenvalue weighted by molar-refractivity contribution is 6.01. The van der Waals surface area contributed by atoms with Crippen molar-refractivity contribution in [3.05, 3.63) is 18.2 Å². The van der Waals surface area contributed by atoms with Crippen molar-refractivity contribution in [2.24, 2.45) is 5.92 Å². The van der Waals surface area contributed by atoms with E-state index in [4.69, 9.17) is 14.2 Å². The van der Waals surface area contributed by atoms with Gasteiger partial charge < -0.3 is 24.0 Å². The first-order valence-electron chi connectivity index (χ1n) is 8.46. The summed E-state index contributed by atoms with van der Waals surface area (Å²) >= 11 is 0. The van der Waals surface area contributed by atoms with Gasteiger partial charge in [0, 0.05) is 32.1 Å². The lowest BCUT2D eigenvalue weighted by Gasteiger charge is -2.32. The van der Waals surface area contributed by atoms with Crippen LogP contribution in [0.5, 0.6) is 11.5 Å². The van der Waals surface area contributed by atoms with E-state index in [0.717, 1.165) is 0 Å². The summed E-state index contributed by atoms with van der Waals surface area (Å²) < 4.78 is 16.1. The largest absolute Gasteiger partial charge is 0.497 e. The van der Waals surface area contributed by atoms with Crippen LogP contribution in [0.4, 0.5) is 5.69 Å². The third-order valence-corrected chi connectivity index (χ3v) is 4.70. The Morgan fingerprint density at radius 3 is 2.72 bits per heavy atom. The number of amides is 2. The van der Waals surface area contributed by atoms with Gasteiger partial charge >= 0.3 is 0 Å². The van der Waals surface area contributed by atoms with Crippen molar-refractivity contribution in [2.75, 3.05) is 45.4 Å². The molecule has 2 aliphatic rings. The lowest BCUT2D eigenvalue weighted by molar-refractivity contribution is -0.142. The predicted octanol–water partition coefficient (Wildman–Crippen LogP) is 1.30. The van der Waals surface area contributed by atoms with Crippen molar-refractivity contribution in [3.8, 4) is 11.5 Å². The van der Waals surface area contributed by atoms with Crippen LogP contribution in [0.15, 0.2) is 18.2 Å². The number of anilines is 1. The van der Waals surface area contributed by atoms with Gasteiger partial charge in [-0.3, -0.25) is 9.59 Å². The molecular formula is C18H24N2O5. The monoisotopic (exact) mass is 348 g/mol. The molecule has 136 valence electrons. The van der Waals surface area contributed by atoms with E-state index in [1.165, 1.54) is 0 Å². The maximum Gasteiger partial charge on any atom is 0.228 e. The Kier molecular flexibility index (Phi) is 5.13. The van der Waals surface area contributed by atoms with Crippen molar-refractivity contribution >= 4 is 17.5 Å². The zero-order valence-electron chi connectivity index (χ0n) is 14.9. The van der Waals surface area contributed by atoms with E-state index in [0.29, 0.717) is 43.4 Å². The molecule has 0 aliphatic carbocycles. The van der Waals surface area contributed by atoms with Crippen LogP contribution in [0.1, 0.15) is 13.3 Å². The van der Waals surface area contributed by atoms with Gasteiger partial charge in [-0.2, -0.15) is 0 Å². The van der Waals surface area contributed by atoms with Gasteiger partial charge in [-0.15, -0.1) is 0 Å². The summed E-state index contributed by atoms with van der Waals surface area (Å²) in [5.41, 5.74) is 0.637. The minimum absolute atomic E-state index is 0.0212. The molecule has 1 aromatic carbocycles. The van der Waals surface area contributed by atoms with E-state index in [1.54, 1.807) is 42.2 Å². The Morgan fingerprint density at radius 2 is 2.04 bits per heavy atom. The molecule has 0 radical (unpaired) electrons. The second-order valence-corrected chi connectivity index (χ2v) is 6.41. The molecule has 2 fully saturated rings. The molecule has 0 spiro atoms. The third kappa shape index (κ3) is 3.56. The van der Waals surface area contributed by atoms with Crippen LogP contribution in [-0.4, -0.2) is 63.3 Å². The van der Waals surface area contributed by atoms with E-state index in [2.05, 4.69) is 0 Å². The summed E-state index contributed by atoms with van der Waals surface area (Å²) in [6, 6.07) is 5.31. The van der Waals surface area contributed by atoms with Gasteiger partial charge in [-0.25, -0.2) is 0 Å². The van der Waals surface area contributed by atoms with E-state index >= 15 is 0 Å². The molecule has 2 atom stereocenters. The molecule has 2 aliphatic heterocycles. The number of methoxy groups -OCH3 is 2.